The third kappa shape index (κ3) is 5.79. The van der Waals surface area contributed by atoms with Crippen LogP contribution in [-0.2, 0) is 10.0 Å². The Kier molecular flexibility index (Phi) is 5.22. The molecule has 0 saturated carbocycles. The van der Waals surface area contributed by atoms with Gasteiger partial charge in [0.15, 0.2) is 0 Å². The second-order valence-electron chi connectivity index (χ2n) is 3.70. The van der Waals surface area contributed by atoms with Crippen LogP contribution in [0.4, 0.5) is 13.2 Å². The molecule has 0 aliphatic carbocycles. The third-order valence-corrected chi connectivity index (χ3v) is 3.50. The standard InChI is InChI=1S/C10H11BrF3NO3S/c11-7-2-3-8(9(6-7)19(15,16)17)18-5-1-4-10(12,13)14/h2-3,6H,1,4-5H2,(H2,15,16,17). The van der Waals surface area contributed by atoms with E-state index in [1.807, 2.05) is 0 Å². The van der Waals surface area contributed by atoms with Gasteiger partial charge in [-0.1, -0.05) is 15.9 Å². The predicted octanol–water partition coefficient (Wildman–Crippen LogP) is 2.82. The molecule has 0 bridgehead atoms. The Morgan fingerprint density at radius 3 is 2.47 bits per heavy atom. The van der Waals surface area contributed by atoms with Crippen LogP contribution in [0, 0.1) is 0 Å². The van der Waals surface area contributed by atoms with E-state index < -0.39 is 22.6 Å². The van der Waals surface area contributed by atoms with Gasteiger partial charge in [0.05, 0.1) is 6.61 Å². The van der Waals surface area contributed by atoms with Crippen LogP contribution in [0.15, 0.2) is 27.6 Å². The fraction of sp³-hybridized carbons (Fsp3) is 0.400. The predicted molar refractivity (Wildman–Crippen MR) is 66.3 cm³/mol. The van der Waals surface area contributed by atoms with Crippen molar-refractivity contribution in [2.45, 2.75) is 23.9 Å². The average Bonchev–Trinajstić information content (AvgIpc) is 2.23. The Labute approximate surface area is 116 Å². The molecule has 4 nitrogen and oxygen atoms in total. The number of halogens is 4. The van der Waals surface area contributed by atoms with Crippen LogP contribution in [0.1, 0.15) is 12.8 Å². The van der Waals surface area contributed by atoms with Gasteiger partial charge in [-0.15, -0.1) is 0 Å². The largest absolute Gasteiger partial charge is 0.492 e. The number of sulfonamides is 1. The highest BCUT2D eigenvalue weighted by Gasteiger charge is 2.26. The number of nitrogens with two attached hydrogens (primary N) is 1. The summed E-state index contributed by atoms with van der Waals surface area (Å²) in [6.07, 6.45) is -5.51. The van der Waals surface area contributed by atoms with Crippen molar-refractivity contribution in [2.75, 3.05) is 6.61 Å². The van der Waals surface area contributed by atoms with Crippen molar-refractivity contribution < 1.29 is 26.3 Å². The van der Waals surface area contributed by atoms with Gasteiger partial charge in [0.1, 0.15) is 10.6 Å². The Morgan fingerprint density at radius 1 is 1.32 bits per heavy atom. The first-order valence-corrected chi connectivity index (χ1v) is 7.45. The number of rotatable bonds is 5. The minimum Gasteiger partial charge on any atom is -0.492 e. The van der Waals surface area contributed by atoms with E-state index in [4.69, 9.17) is 9.88 Å². The molecule has 0 aromatic heterocycles. The summed E-state index contributed by atoms with van der Waals surface area (Å²) in [6.45, 7) is -0.246. The summed E-state index contributed by atoms with van der Waals surface area (Å²) in [5.41, 5.74) is 0. The second-order valence-corrected chi connectivity index (χ2v) is 6.15. The fourth-order valence-corrected chi connectivity index (χ4v) is 2.49. The van der Waals surface area contributed by atoms with Gasteiger partial charge in [0.25, 0.3) is 0 Å². The SMILES string of the molecule is NS(=O)(=O)c1cc(Br)ccc1OCCCC(F)(F)F. The molecule has 0 aliphatic heterocycles. The monoisotopic (exact) mass is 361 g/mol. The molecule has 1 rings (SSSR count). The molecule has 0 aliphatic rings. The van der Waals surface area contributed by atoms with E-state index in [1.165, 1.54) is 18.2 Å². The van der Waals surface area contributed by atoms with Gasteiger partial charge in [-0.05, 0) is 24.6 Å². The quantitative estimate of drug-likeness (QED) is 0.819. The van der Waals surface area contributed by atoms with Gasteiger partial charge >= 0.3 is 6.18 Å². The zero-order chi connectivity index (χ0) is 14.7. The lowest BCUT2D eigenvalue weighted by Gasteiger charge is -2.11. The van der Waals surface area contributed by atoms with Crippen LogP contribution in [0.5, 0.6) is 5.75 Å². The summed E-state index contributed by atoms with van der Waals surface area (Å²) in [4.78, 5) is -0.270. The maximum atomic E-state index is 11.9. The molecule has 19 heavy (non-hydrogen) atoms. The van der Waals surface area contributed by atoms with Crippen LogP contribution in [0.25, 0.3) is 0 Å². The molecule has 0 unspecified atom stereocenters. The highest BCUT2D eigenvalue weighted by atomic mass is 79.9. The highest BCUT2D eigenvalue weighted by molar-refractivity contribution is 9.10. The fourth-order valence-electron chi connectivity index (χ4n) is 1.28. The van der Waals surface area contributed by atoms with E-state index in [-0.39, 0.29) is 23.7 Å². The van der Waals surface area contributed by atoms with Gasteiger partial charge in [-0.3, -0.25) is 0 Å². The van der Waals surface area contributed by atoms with Crippen LogP contribution >= 0.6 is 15.9 Å². The molecule has 108 valence electrons. The maximum Gasteiger partial charge on any atom is 0.389 e. The first kappa shape index (κ1) is 16.3. The van der Waals surface area contributed by atoms with E-state index >= 15 is 0 Å². The van der Waals surface area contributed by atoms with E-state index in [9.17, 15) is 21.6 Å². The van der Waals surface area contributed by atoms with Crippen molar-refractivity contribution in [3.8, 4) is 5.75 Å². The number of hydrogen-bond acceptors (Lipinski definition) is 3. The van der Waals surface area contributed by atoms with Crippen molar-refractivity contribution in [2.24, 2.45) is 5.14 Å². The lowest BCUT2D eigenvalue weighted by molar-refractivity contribution is -0.136. The van der Waals surface area contributed by atoms with E-state index in [0.29, 0.717) is 4.47 Å². The summed E-state index contributed by atoms with van der Waals surface area (Å²) >= 11 is 3.07. The molecular formula is C10H11BrF3NO3S. The first-order valence-electron chi connectivity index (χ1n) is 5.11. The molecular weight excluding hydrogens is 351 g/mol. The van der Waals surface area contributed by atoms with Gasteiger partial charge in [-0.25, -0.2) is 13.6 Å². The van der Waals surface area contributed by atoms with Crippen molar-refractivity contribution in [3.63, 3.8) is 0 Å². The summed E-state index contributed by atoms with van der Waals surface area (Å²) in [7, 11) is -4.00. The van der Waals surface area contributed by atoms with Gasteiger partial charge < -0.3 is 4.74 Å². The summed E-state index contributed by atoms with van der Waals surface area (Å²) in [5.74, 6) is -0.0622. The minimum absolute atomic E-state index is 0.0622. The molecule has 0 spiro atoms. The van der Waals surface area contributed by atoms with E-state index in [2.05, 4.69) is 15.9 Å². The first-order chi connectivity index (χ1) is 8.59. The van der Waals surface area contributed by atoms with Gasteiger partial charge in [0.2, 0.25) is 10.0 Å². The third-order valence-electron chi connectivity index (χ3n) is 2.07. The molecule has 1 aromatic carbocycles. The molecule has 0 saturated heterocycles. The molecule has 2 N–H and O–H groups in total. The molecule has 0 atom stereocenters. The van der Waals surface area contributed by atoms with E-state index in [1.54, 1.807) is 0 Å². The number of alkyl halides is 3. The van der Waals surface area contributed by atoms with Gasteiger partial charge in [-0.2, -0.15) is 13.2 Å². The van der Waals surface area contributed by atoms with Crippen LogP contribution < -0.4 is 9.88 Å². The summed E-state index contributed by atoms with van der Waals surface area (Å²) in [5, 5.41) is 4.99. The normalized spacial score (nSPS) is 12.5. The zero-order valence-electron chi connectivity index (χ0n) is 9.58. The number of ether oxygens (including phenoxy) is 1. The smallest absolute Gasteiger partial charge is 0.389 e. The molecule has 0 fully saturated rings. The van der Waals surface area contributed by atoms with Gasteiger partial charge in [0, 0.05) is 10.9 Å². The molecule has 0 heterocycles. The molecule has 0 radical (unpaired) electrons. The Balaban J connectivity index is 2.74. The lowest BCUT2D eigenvalue weighted by Crippen LogP contribution is -2.15. The van der Waals surface area contributed by atoms with Crippen molar-refractivity contribution in [1.29, 1.82) is 0 Å². The van der Waals surface area contributed by atoms with Crippen molar-refractivity contribution in [1.82, 2.24) is 0 Å². The Morgan fingerprint density at radius 2 is 1.95 bits per heavy atom. The summed E-state index contributed by atoms with van der Waals surface area (Å²) in [6, 6.07) is 4.07. The van der Waals surface area contributed by atoms with Crippen molar-refractivity contribution >= 4 is 26.0 Å². The Bertz CT molecular complexity index is 545. The topological polar surface area (TPSA) is 69.4 Å². The van der Waals surface area contributed by atoms with Crippen LogP contribution in [-0.4, -0.2) is 21.2 Å². The minimum atomic E-state index is -4.26. The summed E-state index contributed by atoms with van der Waals surface area (Å²) < 4.78 is 63.9. The lowest BCUT2D eigenvalue weighted by atomic mass is 10.3. The zero-order valence-corrected chi connectivity index (χ0v) is 12.0. The molecule has 9 heteroatoms. The molecule has 1 aromatic rings. The molecule has 0 amide bonds. The van der Waals surface area contributed by atoms with E-state index in [0.717, 1.165) is 0 Å². The highest BCUT2D eigenvalue weighted by Crippen LogP contribution is 2.27. The maximum absolute atomic E-state index is 11.9. The Hall–Kier alpha value is -0.800. The number of benzene rings is 1. The number of hydrogen-bond donors (Lipinski definition) is 1. The van der Waals surface area contributed by atoms with Crippen molar-refractivity contribution in [3.05, 3.63) is 22.7 Å². The second kappa shape index (κ2) is 6.10. The van der Waals surface area contributed by atoms with Crippen LogP contribution in [0.2, 0.25) is 0 Å². The van der Waals surface area contributed by atoms with Crippen LogP contribution in [0.3, 0.4) is 0 Å². The average molecular weight is 362 g/mol. The number of primary sulfonamides is 1.